The van der Waals surface area contributed by atoms with E-state index in [1.807, 2.05) is 18.2 Å². The topological polar surface area (TPSA) is 75.7 Å². The van der Waals surface area contributed by atoms with E-state index >= 15 is 0 Å². The van der Waals surface area contributed by atoms with Crippen molar-refractivity contribution in [3.8, 4) is 5.75 Å². The third-order valence-corrected chi connectivity index (χ3v) is 6.39. The average molecular weight is 423 g/mol. The van der Waals surface area contributed by atoms with Crippen LogP contribution in [0.1, 0.15) is 25.0 Å². The first kappa shape index (κ1) is 20.6. The second-order valence-electron chi connectivity index (χ2n) is 6.99. The van der Waals surface area contributed by atoms with Crippen molar-refractivity contribution in [2.24, 2.45) is 0 Å². The zero-order valence-corrected chi connectivity index (χ0v) is 17.4. The van der Waals surface area contributed by atoms with E-state index in [4.69, 9.17) is 16.3 Å². The van der Waals surface area contributed by atoms with Gasteiger partial charge < -0.3 is 9.64 Å². The van der Waals surface area contributed by atoms with E-state index in [1.165, 1.54) is 23.8 Å². The average Bonchev–Trinajstić information content (AvgIpc) is 2.65. The van der Waals surface area contributed by atoms with Crippen LogP contribution in [0.5, 0.6) is 5.75 Å². The Morgan fingerprint density at radius 1 is 1.21 bits per heavy atom. The van der Waals surface area contributed by atoms with Crippen LogP contribution in [0.15, 0.2) is 47.4 Å². The van der Waals surface area contributed by atoms with Crippen LogP contribution >= 0.6 is 11.6 Å². The summed E-state index contributed by atoms with van der Waals surface area (Å²) < 4.78 is 32.5. The fraction of sp³-hybridized carbons (Fsp3) is 0.350. The van der Waals surface area contributed by atoms with Gasteiger partial charge in [-0.25, -0.2) is 13.1 Å². The Hall–Kier alpha value is -2.09. The number of nitrogens with zero attached hydrogens (tertiary/aromatic N) is 1. The van der Waals surface area contributed by atoms with Crippen molar-refractivity contribution < 1.29 is 17.9 Å². The molecule has 1 amide bonds. The van der Waals surface area contributed by atoms with Gasteiger partial charge in [0.15, 0.2) is 6.61 Å². The highest BCUT2D eigenvalue weighted by atomic mass is 35.5. The monoisotopic (exact) mass is 422 g/mol. The van der Waals surface area contributed by atoms with Crippen LogP contribution in [0.3, 0.4) is 0 Å². The molecule has 1 N–H and O–H groups in total. The maximum Gasteiger partial charge on any atom is 0.260 e. The summed E-state index contributed by atoms with van der Waals surface area (Å²) in [7, 11) is -3.64. The number of carbonyl (C=O) groups is 1. The number of benzene rings is 2. The number of sulfonamides is 1. The SMILES string of the molecule is CC(C)NS(=O)(=O)c1ccc(OCC(=O)N2CCc3ccccc3C2)c(Cl)c1. The van der Waals surface area contributed by atoms with Crippen LogP contribution < -0.4 is 9.46 Å². The van der Waals surface area contributed by atoms with Gasteiger partial charge in [0.05, 0.1) is 9.92 Å². The Balaban J connectivity index is 1.63. The molecule has 8 heteroatoms. The predicted molar refractivity (Wildman–Crippen MR) is 108 cm³/mol. The molecule has 0 spiro atoms. The van der Waals surface area contributed by atoms with Crippen LogP contribution in [-0.4, -0.2) is 38.4 Å². The molecule has 1 aliphatic heterocycles. The number of nitrogens with one attached hydrogen (secondary N) is 1. The van der Waals surface area contributed by atoms with Crippen LogP contribution in [-0.2, 0) is 27.8 Å². The maximum absolute atomic E-state index is 12.5. The standard InChI is InChI=1S/C20H23ClN2O4S/c1-14(2)22-28(25,26)17-7-8-19(18(21)11-17)27-13-20(24)23-10-9-15-5-3-4-6-16(15)12-23/h3-8,11,14,22H,9-10,12-13H2,1-2H3. The number of carbonyl (C=O) groups excluding carboxylic acids is 1. The van der Waals surface area contributed by atoms with Gasteiger partial charge in [0.2, 0.25) is 10.0 Å². The van der Waals surface area contributed by atoms with E-state index in [2.05, 4.69) is 10.8 Å². The van der Waals surface area contributed by atoms with Gasteiger partial charge in [-0.05, 0) is 49.6 Å². The Morgan fingerprint density at radius 2 is 1.93 bits per heavy atom. The first-order valence-corrected chi connectivity index (χ1v) is 10.9. The molecule has 28 heavy (non-hydrogen) atoms. The molecule has 1 heterocycles. The molecule has 6 nitrogen and oxygen atoms in total. The van der Waals surface area contributed by atoms with Crippen molar-refractivity contribution in [3.63, 3.8) is 0 Å². The Bertz CT molecular complexity index is 976. The molecule has 0 saturated heterocycles. The number of fused-ring (bicyclic) bond motifs is 1. The molecule has 0 fully saturated rings. The van der Waals surface area contributed by atoms with Gasteiger partial charge in [0.25, 0.3) is 5.91 Å². The van der Waals surface area contributed by atoms with E-state index in [1.54, 1.807) is 18.7 Å². The highest BCUT2D eigenvalue weighted by Gasteiger charge is 2.21. The molecule has 0 saturated carbocycles. The summed E-state index contributed by atoms with van der Waals surface area (Å²) in [5.74, 6) is 0.139. The van der Waals surface area contributed by atoms with E-state index in [0.29, 0.717) is 13.1 Å². The third kappa shape index (κ3) is 4.84. The minimum absolute atomic E-state index is 0.0533. The van der Waals surface area contributed by atoms with Crippen molar-refractivity contribution in [1.82, 2.24) is 9.62 Å². The molecule has 1 aliphatic rings. The zero-order valence-electron chi connectivity index (χ0n) is 15.8. The first-order valence-electron chi connectivity index (χ1n) is 9.05. The fourth-order valence-corrected chi connectivity index (χ4v) is 4.66. The molecule has 2 aromatic rings. The van der Waals surface area contributed by atoms with Crippen molar-refractivity contribution in [2.45, 2.75) is 37.8 Å². The highest BCUT2D eigenvalue weighted by Crippen LogP contribution is 2.28. The van der Waals surface area contributed by atoms with Gasteiger partial charge >= 0.3 is 0 Å². The lowest BCUT2D eigenvalue weighted by atomic mass is 10.00. The van der Waals surface area contributed by atoms with Crippen molar-refractivity contribution in [2.75, 3.05) is 13.2 Å². The smallest absolute Gasteiger partial charge is 0.260 e. The van der Waals surface area contributed by atoms with Gasteiger partial charge in [-0.15, -0.1) is 0 Å². The maximum atomic E-state index is 12.5. The van der Waals surface area contributed by atoms with Gasteiger partial charge in [0.1, 0.15) is 5.75 Å². The van der Waals surface area contributed by atoms with Crippen molar-refractivity contribution >= 4 is 27.5 Å². The minimum Gasteiger partial charge on any atom is -0.482 e. The lowest BCUT2D eigenvalue weighted by molar-refractivity contribution is -0.134. The summed E-state index contributed by atoms with van der Waals surface area (Å²) in [5, 5.41) is 0.142. The summed E-state index contributed by atoms with van der Waals surface area (Å²) >= 11 is 6.17. The summed E-state index contributed by atoms with van der Waals surface area (Å²) in [4.78, 5) is 14.3. The van der Waals surface area contributed by atoms with E-state index in [9.17, 15) is 13.2 Å². The fourth-order valence-electron chi connectivity index (χ4n) is 3.08. The van der Waals surface area contributed by atoms with Crippen LogP contribution in [0, 0.1) is 0 Å². The number of hydrogen-bond donors (Lipinski definition) is 1. The first-order chi connectivity index (χ1) is 13.3. The Kier molecular flexibility index (Phi) is 6.27. The minimum atomic E-state index is -3.64. The number of hydrogen-bond acceptors (Lipinski definition) is 4. The van der Waals surface area contributed by atoms with Gasteiger partial charge in [-0.3, -0.25) is 4.79 Å². The van der Waals surface area contributed by atoms with Crippen LogP contribution in [0.4, 0.5) is 0 Å². The second kappa shape index (κ2) is 8.51. The summed E-state index contributed by atoms with van der Waals surface area (Å²) in [6.45, 7) is 4.52. The molecule has 0 aromatic heterocycles. The molecular weight excluding hydrogens is 400 g/mol. The number of rotatable bonds is 6. The normalized spacial score (nSPS) is 14.1. The Labute approximate surface area is 170 Å². The summed E-state index contributed by atoms with van der Waals surface area (Å²) in [5.41, 5.74) is 2.41. The van der Waals surface area contributed by atoms with E-state index in [0.717, 1.165) is 12.0 Å². The summed E-state index contributed by atoms with van der Waals surface area (Å²) in [6.07, 6.45) is 0.818. The quantitative estimate of drug-likeness (QED) is 0.776. The molecule has 2 aromatic carbocycles. The lowest BCUT2D eigenvalue weighted by Crippen LogP contribution is -2.38. The van der Waals surface area contributed by atoms with Crippen molar-refractivity contribution in [1.29, 1.82) is 0 Å². The van der Waals surface area contributed by atoms with Gasteiger partial charge in [0, 0.05) is 19.1 Å². The molecular formula is C20H23ClN2O4S. The summed E-state index contributed by atoms with van der Waals surface area (Å²) in [6, 6.07) is 12.0. The molecule has 0 radical (unpaired) electrons. The largest absolute Gasteiger partial charge is 0.482 e. The van der Waals surface area contributed by atoms with Crippen LogP contribution in [0.25, 0.3) is 0 Å². The highest BCUT2D eigenvalue weighted by molar-refractivity contribution is 7.89. The van der Waals surface area contributed by atoms with Crippen molar-refractivity contribution in [3.05, 3.63) is 58.6 Å². The zero-order chi connectivity index (χ0) is 20.3. The number of ether oxygens (including phenoxy) is 1. The molecule has 0 unspecified atom stereocenters. The molecule has 0 aliphatic carbocycles. The molecule has 3 rings (SSSR count). The predicted octanol–water partition coefficient (Wildman–Crippen LogP) is 2.99. The van der Waals surface area contributed by atoms with E-state index < -0.39 is 10.0 Å². The molecule has 0 bridgehead atoms. The van der Waals surface area contributed by atoms with Gasteiger partial charge in [-0.1, -0.05) is 35.9 Å². The molecule has 150 valence electrons. The van der Waals surface area contributed by atoms with Crippen LogP contribution in [0.2, 0.25) is 5.02 Å². The second-order valence-corrected chi connectivity index (χ2v) is 9.11. The number of amides is 1. The lowest BCUT2D eigenvalue weighted by Gasteiger charge is -2.28. The molecule has 0 atom stereocenters. The Morgan fingerprint density at radius 3 is 2.61 bits per heavy atom. The van der Waals surface area contributed by atoms with E-state index in [-0.39, 0.29) is 34.2 Å². The third-order valence-electron chi connectivity index (χ3n) is 4.44. The van der Waals surface area contributed by atoms with Gasteiger partial charge in [-0.2, -0.15) is 0 Å². The number of halogens is 1.